The van der Waals surface area contributed by atoms with Crippen LogP contribution in [0.4, 0.5) is 0 Å². The summed E-state index contributed by atoms with van der Waals surface area (Å²) in [5.74, 6) is 0.618. The van der Waals surface area contributed by atoms with Crippen LogP contribution in [0.1, 0.15) is 25.7 Å². The minimum Gasteiger partial charge on any atom is -0.484 e. The van der Waals surface area contributed by atoms with E-state index in [1.54, 1.807) is 42.5 Å². The lowest BCUT2D eigenvalue weighted by atomic mass is 9.91. The highest BCUT2D eigenvalue weighted by Gasteiger charge is 2.24. The number of benzene rings is 2. The SMILES string of the molecule is O=C(COc1ccc(Cl)cc1)N[C@H]1CC[C@H](NC(=O)COc2ccc(Cl)cc2Cl)CC1. The fraction of sp³-hybridized carbons (Fsp3) is 0.364. The molecule has 2 amide bonds. The second kappa shape index (κ2) is 11.5. The van der Waals surface area contributed by atoms with Gasteiger partial charge in [0.15, 0.2) is 13.2 Å². The smallest absolute Gasteiger partial charge is 0.258 e. The summed E-state index contributed by atoms with van der Waals surface area (Å²) in [4.78, 5) is 24.3. The Balaban J connectivity index is 1.32. The lowest BCUT2D eigenvalue weighted by molar-refractivity contribution is -0.125. The maximum Gasteiger partial charge on any atom is 0.258 e. The van der Waals surface area contributed by atoms with Crippen LogP contribution in [0.3, 0.4) is 0 Å². The second-order valence-electron chi connectivity index (χ2n) is 7.29. The van der Waals surface area contributed by atoms with Crippen LogP contribution in [0.2, 0.25) is 15.1 Å². The van der Waals surface area contributed by atoms with Crippen LogP contribution in [0.5, 0.6) is 11.5 Å². The number of hydrogen-bond donors (Lipinski definition) is 2. The Hall–Kier alpha value is -2.15. The molecule has 0 spiro atoms. The zero-order valence-electron chi connectivity index (χ0n) is 16.7. The van der Waals surface area contributed by atoms with Crippen molar-refractivity contribution in [3.05, 3.63) is 57.5 Å². The van der Waals surface area contributed by atoms with Crippen LogP contribution in [0.25, 0.3) is 0 Å². The molecule has 1 aliphatic rings. The highest BCUT2D eigenvalue weighted by Crippen LogP contribution is 2.27. The molecule has 2 N–H and O–H groups in total. The Morgan fingerprint density at radius 2 is 1.29 bits per heavy atom. The van der Waals surface area contributed by atoms with Gasteiger partial charge in [0.05, 0.1) is 5.02 Å². The number of carbonyl (C=O) groups excluding carboxylic acids is 2. The molecule has 0 heterocycles. The molecule has 0 radical (unpaired) electrons. The normalized spacial score (nSPS) is 18.2. The van der Waals surface area contributed by atoms with Gasteiger partial charge in [-0.1, -0.05) is 34.8 Å². The van der Waals surface area contributed by atoms with Gasteiger partial charge in [-0.05, 0) is 68.1 Å². The molecule has 0 saturated heterocycles. The maximum atomic E-state index is 12.2. The Bertz CT molecular complexity index is 900. The fourth-order valence-corrected chi connectivity index (χ4v) is 3.93. The van der Waals surface area contributed by atoms with Crippen molar-refractivity contribution in [2.24, 2.45) is 0 Å². The van der Waals surface area contributed by atoms with Gasteiger partial charge >= 0.3 is 0 Å². The zero-order chi connectivity index (χ0) is 22.2. The van der Waals surface area contributed by atoms with E-state index in [1.165, 1.54) is 0 Å². The topological polar surface area (TPSA) is 76.7 Å². The Morgan fingerprint density at radius 3 is 1.84 bits per heavy atom. The number of hydrogen-bond acceptors (Lipinski definition) is 4. The lowest BCUT2D eigenvalue weighted by Gasteiger charge is -2.29. The molecule has 2 aromatic rings. The lowest BCUT2D eigenvalue weighted by Crippen LogP contribution is -2.45. The van der Waals surface area contributed by atoms with Crippen molar-refractivity contribution < 1.29 is 19.1 Å². The summed E-state index contributed by atoms with van der Waals surface area (Å²) in [5.41, 5.74) is 0. The molecule has 0 unspecified atom stereocenters. The van der Waals surface area contributed by atoms with Gasteiger partial charge in [-0.3, -0.25) is 9.59 Å². The number of halogens is 3. The number of ether oxygens (including phenoxy) is 2. The zero-order valence-corrected chi connectivity index (χ0v) is 19.0. The van der Waals surface area contributed by atoms with Crippen molar-refractivity contribution in [3.63, 3.8) is 0 Å². The molecular weight excluding hydrogens is 463 g/mol. The highest BCUT2D eigenvalue weighted by atomic mass is 35.5. The third kappa shape index (κ3) is 7.80. The molecule has 0 aromatic heterocycles. The van der Waals surface area contributed by atoms with Gasteiger partial charge < -0.3 is 20.1 Å². The molecule has 166 valence electrons. The van der Waals surface area contributed by atoms with Crippen molar-refractivity contribution in [1.82, 2.24) is 10.6 Å². The average molecular weight is 486 g/mol. The van der Waals surface area contributed by atoms with Crippen molar-refractivity contribution in [3.8, 4) is 11.5 Å². The van der Waals surface area contributed by atoms with Crippen molar-refractivity contribution in [2.45, 2.75) is 37.8 Å². The van der Waals surface area contributed by atoms with Crippen LogP contribution < -0.4 is 20.1 Å². The molecular formula is C22H23Cl3N2O4. The molecule has 1 fully saturated rings. The average Bonchev–Trinajstić information content (AvgIpc) is 2.74. The Labute approximate surface area is 196 Å². The van der Waals surface area contributed by atoms with Gasteiger partial charge in [0.1, 0.15) is 11.5 Å². The first-order chi connectivity index (χ1) is 14.9. The summed E-state index contributed by atoms with van der Waals surface area (Å²) in [7, 11) is 0. The van der Waals surface area contributed by atoms with E-state index in [4.69, 9.17) is 44.3 Å². The quantitative estimate of drug-likeness (QED) is 0.571. The number of carbonyl (C=O) groups is 2. The van der Waals surface area contributed by atoms with Gasteiger partial charge in [-0.15, -0.1) is 0 Å². The van der Waals surface area contributed by atoms with E-state index < -0.39 is 0 Å². The van der Waals surface area contributed by atoms with Gasteiger partial charge in [0.2, 0.25) is 0 Å². The van der Waals surface area contributed by atoms with Gasteiger partial charge in [-0.25, -0.2) is 0 Å². The molecule has 2 aromatic carbocycles. The molecule has 0 atom stereocenters. The highest BCUT2D eigenvalue weighted by molar-refractivity contribution is 6.35. The summed E-state index contributed by atoms with van der Waals surface area (Å²) in [6.45, 7) is -0.178. The minimum atomic E-state index is -0.213. The third-order valence-corrected chi connectivity index (χ3v) is 5.68. The largest absolute Gasteiger partial charge is 0.484 e. The molecule has 3 rings (SSSR count). The predicted molar refractivity (Wildman–Crippen MR) is 121 cm³/mol. The molecule has 9 heteroatoms. The predicted octanol–water partition coefficient (Wildman–Crippen LogP) is 4.65. The van der Waals surface area contributed by atoms with Gasteiger partial charge in [0, 0.05) is 22.1 Å². The number of amides is 2. The van der Waals surface area contributed by atoms with Gasteiger partial charge in [0.25, 0.3) is 11.8 Å². The standard InChI is InChI=1S/C22H23Cl3N2O4/c23-14-1-8-18(9-2-14)30-12-21(28)26-16-4-6-17(7-5-16)27-22(29)13-31-20-10-3-15(24)11-19(20)25/h1-3,8-11,16-17H,4-7,12-13H2,(H,26,28)(H,27,29)/t16-,17-. The summed E-state index contributed by atoms with van der Waals surface area (Å²) < 4.78 is 10.9. The van der Waals surface area contributed by atoms with E-state index in [9.17, 15) is 9.59 Å². The first-order valence-corrected chi connectivity index (χ1v) is 11.1. The third-order valence-electron chi connectivity index (χ3n) is 4.89. The summed E-state index contributed by atoms with van der Waals surface area (Å²) in [6, 6.07) is 11.8. The molecule has 1 aliphatic carbocycles. The molecule has 1 saturated carbocycles. The minimum absolute atomic E-state index is 0.0512. The first-order valence-electron chi connectivity index (χ1n) is 9.94. The van der Waals surface area contributed by atoms with E-state index in [0.29, 0.717) is 26.6 Å². The number of nitrogens with one attached hydrogen (secondary N) is 2. The fourth-order valence-electron chi connectivity index (χ4n) is 3.34. The van der Waals surface area contributed by atoms with E-state index >= 15 is 0 Å². The summed E-state index contributed by atoms with van der Waals surface area (Å²) in [5, 5.41) is 7.41. The molecule has 0 aliphatic heterocycles. The van der Waals surface area contributed by atoms with E-state index in [0.717, 1.165) is 25.7 Å². The van der Waals surface area contributed by atoms with Crippen LogP contribution in [-0.2, 0) is 9.59 Å². The van der Waals surface area contributed by atoms with Crippen LogP contribution in [0, 0.1) is 0 Å². The van der Waals surface area contributed by atoms with Gasteiger partial charge in [-0.2, -0.15) is 0 Å². The van der Waals surface area contributed by atoms with Crippen molar-refractivity contribution >= 4 is 46.6 Å². The Morgan fingerprint density at radius 1 is 0.774 bits per heavy atom. The monoisotopic (exact) mass is 484 g/mol. The van der Waals surface area contributed by atoms with Crippen molar-refractivity contribution in [1.29, 1.82) is 0 Å². The molecule has 0 bridgehead atoms. The van der Waals surface area contributed by atoms with Crippen LogP contribution >= 0.6 is 34.8 Å². The molecule has 6 nitrogen and oxygen atoms in total. The molecule has 31 heavy (non-hydrogen) atoms. The van der Waals surface area contributed by atoms with Crippen LogP contribution in [0.15, 0.2) is 42.5 Å². The van der Waals surface area contributed by atoms with Crippen LogP contribution in [-0.4, -0.2) is 37.1 Å². The van der Waals surface area contributed by atoms with E-state index in [1.807, 2.05) is 0 Å². The first kappa shape index (κ1) is 23.5. The van der Waals surface area contributed by atoms with E-state index in [-0.39, 0.29) is 37.1 Å². The number of rotatable bonds is 8. The maximum absolute atomic E-state index is 12.2. The van der Waals surface area contributed by atoms with Crippen molar-refractivity contribution in [2.75, 3.05) is 13.2 Å². The second-order valence-corrected chi connectivity index (χ2v) is 8.57. The summed E-state index contributed by atoms with van der Waals surface area (Å²) in [6.07, 6.45) is 3.11. The summed E-state index contributed by atoms with van der Waals surface area (Å²) >= 11 is 17.7. The van der Waals surface area contributed by atoms with E-state index in [2.05, 4.69) is 10.6 Å². The Kier molecular flexibility index (Phi) is 8.69.